The Balaban J connectivity index is 2.08. The average molecular weight is 317 g/mol. The summed E-state index contributed by atoms with van der Waals surface area (Å²) >= 11 is 0. The van der Waals surface area contributed by atoms with Crippen molar-refractivity contribution in [3.63, 3.8) is 0 Å². The molecule has 3 rings (SSSR count). The molecule has 0 radical (unpaired) electrons. The van der Waals surface area contributed by atoms with Gasteiger partial charge in [-0.05, 0) is 36.4 Å². The minimum Gasteiger partial charge on any atom is -0.508 e. The van der Waals surface area contributed by atoms with Crippen LogP contribution in [-0.2, 0) is 10.0 Å². The average Bonchev–Trinajstić information content (AvgIpc) is 2.48. The van der Waals surface area contributed by atoms with E-state index in [-0.39, 0.29) is 32.7 Å². The van der Waals surface area contributed by atoms with E-state index >= 15 is 0 Å². The zero-order chi connectivity index (χ0) is 15.7. The second-order valence-corrected chi connectivity index (χ2v) is 6.25. The molecule has 6 nitrogen and oxygen atoms in total. The van der Waals surface area contributed by atoms with Crippen molar-refractivity contribution in [2.75, 3.05) is 4.72 Å². The van der Waals surface area contributed by atoms with Crippen LogP contribution < -0.4 is 10.2 Å². The number of phenolic OH excluding ortho intramolecular Hbond substituents is 1. The van der Waals surface area contributed by atoms with Crippen molar-refractivity contribution in [3.8, 4) is 5.75 Å². The molecule has 0 saturated heterocycles. The number of anilines is 1. The van der Waals surface area contributed by atoms with Crippen LogP contribution in [0.25, 0.3) is 11.0 Å². The summed E-state index contributed by atoms with van der Waals surface area (Å²) in [5.74, 6) is -0.0323. The van der Waals surface area contributed by atoms with Gasteiger partial charge in [0.05, 0.1) is 22.2 Å². The highest BCUT2D eigenvalue weighted by molar-refractivity contribution is 7.92. The van der Waals surface area contributed by atoms with Gasteiger partial charge in [-0.25, -0.2) is 8.42 Å². The van der Waals surface area contributed by atoms with Crippen LogP contribution in [0.5, 0.6) is 5.75 Å². The van der Waals surface area contributed by atoms with Crippen LogP contribution in [0.15, 0.2) is 68.9 Å². The summed E-state index contributed by atoms with van der Waals surface area (Å²) < 4.78 is 32.3. The first-order valence-electron chi connectivity index (χ1n) is 6.30. The molecule has 0 atom stereocenters. The Morgan fingerprint density at radius 2 is 1.73 bits per heavy atom. The largest absolute Gasteiger partial charge is 0.508 e. The number of fused-ring (bicyclic) bond motifs is 1. The van der Waals surface area contributed by atoms with E-state index in [4.69, 9.17) is 4.42 Å². The summed E-state index contributed by atoms with van der Waals surface area (Å²) in [6, 6.07) is 11.0. The molecule has 0 aliphatic rings. The van der Waals surface area contributed by atoms with Gasteiger partial charge in [0.1, 0.15) is 5.75 Å². The molecule has 2 aromatic carbocycles. The molecule has 22 heavy (non-hydrogen) atoms. The zero-order valence-corrected chi connectivity index (χ0v) is 12.0. The fourth-order valence-corrected chi connectivity index (χ4v) is 3.08. The number of sulfonamides is 1. The number of para-hydroxylation sites is 1. The number of hydrogen-bond donors (Lipinski definition) is 2. The predicted molar refractivity (Wildman–Crippen MR) is 81.4 cm³/mol. The van der Waals surface area contributed by atoms with E-state index in [2.05, 4.69) is 4.72 Å². The molecule has 3 aromatic rings. The summed E-state index contributed by atoms with van der Waals surface area (Å²) in [4.78, 5) is 11.7. The van der Waals surface area contributed by atoms with Crippen LogP contribution in [0, 0.1) is 0 Å². The molecule has 0 aliphatic heterocycles. The molecule has 1 aromatic heterocycles. The monoisotopic (exact) mass is 317 g/mol. The fourth-order valence-electron chi connectivity index (χ4n) is 2.02. The summed E-state index contributed by atoms with van der Waals surface area (Å²) in [6.45, 7) is 0. The lowest BCUT2D eigenvalue weighted by molar-refractivity contribution is 0.475. The van der Waals surface area contributed by atoms with E-state index in [1.807, 2.05) is 0 Å². The van der Waals surface area contributed by atoms with E-state index in [9.17, 15) is 18.3 Å². The Kier molecular flexibility index (Phi) is 3.34. The predicted octanol–water partition coefficient (Wildman–Crippen LogP) is 2.30. The third kappa shape index (κ3) is 2.53. The van der Waals surface area contributed by atoms with Crippen molar-refractivity contribution >= 4 is 26.7 Å². The van der Waals surface area contributed by atoms with E-state index in [0.29, 0.717) is 0 Å². The number of phenols is 1. The van der Waals surface area contributed by atoms with Crippen molar-refractivity contribution in [1.82, 2.24) is 0 Å². The summed E-state index contributed by atoms with van der Waals surface area (Å²) in [5.41, 5.74) is 0.0764. The van der Waals surface area contributed by atoms with E-state index in [1.165, 1.54) is 42.7 Å². The number of benzene rings is 2. The van der Waals surface area contributed by atoms with Gasteiger partial charge in [0, 0.05) is 6.07 Å². The zero-order valence-electron chi connectivity index (χ0n) is 11.2. The summed E-state index contributed by atoms with van der Waals surface area (Å²) in [5, 5.41) is 9.50. The molecule has 0 aliphatic carbocycles. The molecule has 0 saturated carbocycles. The van der Waals surface area contributed by atoms with Crippen LogP contribution in [0.3, 0.4) is 0 Å². The Labute approximate surface area is 125 Å². The van der Waals surface area contributed by atoms with Gasteiger partial charge >= 0.3 is 0 Å². The molecule has 0 fully saturated rings. The Morgan fingerprint density at radius 3 is 2.45 bits per heavy atom. The molecule has 0 bridgehead atoms. The second-order valence-electron chi connectivity index (χ2n) is 4.57. The number of nitrogens with one attached hydrogen (secondary N) is 1. The van der Waals surface area contributed by atoms with Gasteiger partial charge in [-0.3, -0.25) is 9.52 Å². The van der Waals surface area contributed by atoms with Crippen molar-refractivity contribution < 1.29 is 17.9 Å². The van der Waals surface area contributed by atoms with E-state index in [1.54, 1.807) is 12.1 Å². The Morgan fingerprint density at radius 1 is 1.00 bits per heavy atom. The lowest BCUT2D eigenvalue weighted by atomic mass is 10.2. The van der Waals surface area contributed by atoms with Gasteiger partial charge in [0.2, 0.25) is 0 Å². The van der Waals surface area contributed by atoms with Crippen LogP contribution in [0.4, 0.5) is 5.69 Å². The van der Waals surface area contributed by atoms with Crippen LogP contribution in [0.1, 0.15) is 0 Å². The lowest BCUT2D eigenvalue weighted by Crippen LogP contribution is -2.13. The third-order valence-electron chi connectivity index (χ3n) is 3.08. The maximum Gasteiger partial charge on any atom is 0.262 e. The topological polar surface area (TPSA) is 96.6 Å². The number of rotatable bonds is 3. The van der Waals surface area contributed by atoms with Gasteiger partial charge in [-0.2, -0.15) is 0 Å². The van der Waals surface area contributed by atoms with Crippen LogP contribution in [0.2, 0.25) is 0 Å². The SMILES string of the molecule is O=c1ccoc2c(NS(=O)(=O)c3ccc(O)cc3)cccc12. The lowest BCUT2D eigenvalue weighted by Gasteiger charge is -2.09. The van der Waals surface area contributed by atoms with Gasteiger partial charge in [-0.1, -0.05) is 6.07 Å². The number of hydrogen-bond acceptors (Lipinski definition) is 5. The van der Waals surface area contributed by atoms with Gasteiger partial charge in [0.25, 0.3) is 10.0 Å². The van der Waals surface area contributed by atoms with Crippen molar-refractivity contribution in [2.24, 2.45) is 0 Å². The molecule has 112 valence electrons. The standard InChI is InChI=1S/C15H11NO5S/c17-10-4-6-11(7-5-10)22(19,20)16-13-3-1-2-12-14(18)8-9-21-15(12)13/h1-9,16-17H. The van der Waals surface area contributed by atoms with Crippen LogP contribution in [-0.4, -0.2) is 13.5 Å². The smallest absolute Gasteiger partial charge is 0.262 e. The van der Waals surface area contributed by atoms with Crippen molar-refractivity contribution in [2.45, 2.75) is 4.90 Å². The van der Waals surface area contributed by atoms with Gasteiger partial charge in [-0.15, -0.1) is 0 Å². The summed E-state index contributed by atoms with van der Waals surface area (Å²) in [7, 11) is -3.86. The maximum atomic E-state index is 12.3. The molecule has 2 N–H and O–H groups in total. The second kappa shape index (κ2) is 5.19. The highest BCUT2D eigenvalue weighted by Crippen LogP contribution is 2.24. The minimum atomic E-state index is -3.86. The highest BCUT2D eigenvalue weighted by Gasteiger charge is 2.16. The highest BCUT2D eigenvalue weighted by atomic mass is 32.2. The first kappa shape index (κ1) is 14.2. The molecule has 0 amide bonds. The van der Waals surface area contributed by atoms with E-state index in [0.717, 1.165) is 0 Å². The maximum absolute atomic E-state index is 12.3. The molecule has 0 spiro atoms. The normalized spacial score (nSPS) is 11.5. The molecule has 1 heterocycles. The molecule has 0 unspecified atom stereocenters. The molecular weight excluding hydrogens is 306 g/mol. The first-order chi connectivity index (χ1) is 10.5. The minimum absolute atomic E-state index is 0.0134. The van der Waals surface area contributed by atoms with Gasteiger partial charge < -0.3 is 9.52 Å². The Hall–Kier alpha value is -2.80. The van der Waals surface area contributed by atoms with Crippen LogP contribution >= 0.6 is 0 Å². The van der Waals surface area contributed by atoms with Gasteiger partial charge in [0.15, 0.2) is 11.0 Å². The quantitative estimate of drug-likeness (QED) is 0.772. The van der Waals surface area contributed by atoms with E-state index < -0.39 is 10.0 Å². The van der Waals surface area contributed by atoms with Crippen molar-refractivity contribution in [1.29, 1.82) is 0 Å². The first-order valence-corrected chi connectivity index (χ1v) is 7.78. The number of aromatic hydroxyl groups is 1. The third-order valence-corrected chi connectivity index (χ3v) is 4.46. The fraction of sp³-hybridized carbons (Fsp3) is 0. The summed E-state index contributed by atoms with van der Waals surface area (Å²) in [6.07, 6.45) is 1.21. The Bertz CT molecular complexity index is 990. The molecule has 7 heteroatoms. The molecular formula is C15H11NO5S. The van der Waals surface area contributed by atoms with Crippen molar-refractivity contribution in [3.05, 3.63) is 65.0 Å².